The number of amides is 1. The maximum atomic E-state index is 12.3. The Morgan fingerprint density at radius 1 is 1.06 bits per heavy atom. The SMILES string of the molecule is COc1ccc(/C=N\NC(=O)CSc2nnc(-c3ccncc3)n2-c2ccccc2)cc1. The molecule has 0 saturated heterocycles. The molecule has 9 heteroatoms. The lowest BCUT2D eigenvalue weighted by Crippen LogP contribution is -2.20. The summed E-state index contributed by atoms with van der Waals surface area (Å²) >= 11 is 1.29. The van der Waals surface area contributed by atoms with Crippen molar-refractivity contribution in [3.63, 3.8) is 0 Å². The Morgan fingerprint density at radius 3 is 2.53 bits per heavy atom. The predicted octanol–water partition coefficient (Wildman–Crippen LogP) is 3.58. The second kappa shape index (κ2) is 10.4. The van der Waals surface area contributed by atoms with Gasteiger partial charge in [-0.1, -0.05) is 30.0 Å². The second-order valence-corrected chi connectivity index (χ2v) is 7.51. The van der Waals surface area contributed by atoms with Gasteiger partial charge < -0.3 is 4.74 Å². The summed E-state index contributed by atoms with van der Waals surface area (Å²) in [7, 11) is 1.61. The molecule has 0 aliphatic carbocycles. The third-order valence-electron chi connectivity index (χ3n) is 4.44. The van der Waals surface area contributed by atoms with Crippen LogP contribution in [0.2, 0.25) is 0 Å². The van der Waals surface area contributed by atoms with Crippen LogP contribution in [0.5, 0.6) is 5.75 Å². The van der Waals surface area contributed by atoms with Gasteiger partial charge in [0.15, 0.2) is 11.0 Å². The Labute approximate surface area is 189 Å². The van der Waals surface area contributed by atoms with Crippen molar-refractivity contribution in [2.45, 2.75) is 5.16 Å². The van der Waals surface area contributed by atoms with Crippen LogP contribution in [0, 0.1) is 0 Å². The van der Waals surface area contributed by atoms with Gasteiger partial charge in [0, 0.05) is 23.6 Å². The molecule has 0 aliphatic rings. The fourth-order valence-electron chi connectivity index (χ4n) is 2.89. The average molecular weight is 445 g/mol. The molecule has 2 aromatic carbocycles. The van der Waals surface area contributed by atoms with E-state index in [1.807, 2.05) is 71.3 Å². The summed E-state index contributed by atoms with van der Waals surface area (Å²) in [6, 6.07) is 20.9. The number of hydrazone groups is 1. The molecule has 1 N–H and O–H groups in total. The second-order valence-electron chi connectivity index (χ2n) is 6.57. The van der Waals surface area contributed by atoms with Crippen LogP contribution in [-0.2, 0) is 4.79 Å². The number of benzene rings is 2. The highest BCUT2D eigenvalue weighted by atomic mass is 32.2. The van der Waals surface area contributed by atoms with Crippen molar-refractivity contribution in [2.75, 3.05) is 12.9 Å². The molecule has 1 amide bonds. The van der Waals surface area contributed by atoms with Crippen molar-refractivity contribution in [1.29, 1.82) is 0 Å². The molecule has 0 fully saturated rings. The number of hydrogen-bond acceptors (Lipinski definition) is 7. The number of methoxy groups -OCH3 is 1. The van der Waals surface area contributed by atoms with Gasteiger partial charge in [-0.2, -0.15) is 5.10 Å². The minimum Gasteiger partial charge on any atom is -0.497 e. The van der Waals surface area contributed by atoms with Crippen molar-refractivity contribution in [3.8, 4) is 22.8 Å². The lowest BCUT2D eigenvalue weighted by molar-refractivity contribution is -0.118. The summed E-state index contributed by atoms with van der Waals surface area (Å²) in [6.07, 6.45) is 5.00. The van der Waals surface area contributed by atoms with Crippen LogP contribution in [0.1, 0.15) is 5.56 Å². The number of pyridine rings is 1. The summed E-state index contributed by atoms with van der Waals surface area (Å²) in [5.74, 6) is 1.34. The van der Waals surface area contributed by atoms with Crippen LogP contribution in [0.4, 0.5) is 0 Å². The van der Waals surface area contributed by atoms with E-state index in [4.69, 9.17) is 4.74 Å². The Hall–Kier alpha value is -3.98. The predicted molar refractivity (Wildman–Crippen MR) is 124 cm³/mol. The van der Waals surface area contributed by atoms with E-state index < -0.39 is 0 Å². The van der Waals surface area contributed by atoms with Crippen LogP contribution in [0.15, 0.2) is 89.4 Å². The Kier molecular flexibility index (Phi) is 6.88. The first-order chi connectivity index (χ1) is 15.7. The van der Waals surface area contributed by atoms with Crippen LogP contribution < -0.4 is 10.2 Å². The number of para-hydroxylation sites is 1. The first kappa shape index (κ1) is 21.3. The highest BCUT2D eigenvalue weighted by Gasteiger charge is 2.17. The molecule has 0 saturated carbocycles. The maximum absolute atomic E-state index is 12.3. The van der Waals surface area contributed by atoms with Crippen LogP contribution in [0.25, 0.3) is 17.1 Å². The lowest BCUT2D eigenvalue weighted by Gasteiger charge is -2.10. The molecule has 0 atom stereocenters. The fourth-order valence-corrected chi connectivity index (χ4v) is 3.64. The highest BCUT2D eigenvalue weighted by molar-refractivity contribution is 7.99. The molecule has 0 unspecified atom stereocenters. The molecule has 0 aliphatic heterocycles. The smallest absolute Gasteiger partial charge is 0.250 e. The van der Waals surface area contributed by atoms with Gasteiger partial charge in [0.25, 0.3) is 5.91 Å². The Morgan fingerprint density at radius 2 is 1.81 bits per heavy atom. The van der Waals surface area contributed by atoms with Crippen LogP contribution >= 0.6 is 11.8 Å². The standard InChI is InChI=1S/C23H20N6O2S/c1-31-20-9-7-17(8-10-20)15-25-26-21(30)16-32-23-28-27-22(18-11-13-24-14-12-18)29(23)19-5-3-2-4-6-19/h2-15H,16H2,1H3,(H,26,30)/b25-15-. The third-order valence-corrected chi connectivity index (χ3v) is 5.37. The van der Waals surface area contributed by atoms with E-state index in [2.05, 4.69) is 25.7 Å². The monoisotopic (exact) mass is 444 g/mol. The average Bonchev–Trinajstić information content (AvgIpc) is 3.28. The number of carbonyl (C=O) groups excluding carboxylic acids is 1. The summed E-state index contributed by atoms with van der Waals surface area (Å²) in [5.41, 5.74) is 5.18. The van der Waals surface area contributed by atoms with Gasteiger partial charge in [-0.05, 0) is 54.1 Å². The Balaban J connectivity index is 1.45. The van der Waals surface area contributed by atoms with E-state index >= 15 is 0 Å². The third kappa shape index (κ3) is 5.19. The van der Waals surface area contributed by atoms with Crippen molar-refractivity contribution in [2.24, 2.45) is 5.10 Å². The number of nitrogens with one attached hydrogen (secondary N) is 1. The highest BCUT2D eigenvalue weighted by Crippen LogP contribution is 2.27. The van der Waals surface area contributed by atoms with Gasteiger partial charge >= 0.3 is 0 Å². The van der Waals surface area contributed by atoms with E-state index in [0.29, 0.717) is 11.0 Å². The quantitative estimate of drug-likeness (QED) is 0.254. The molecule has 160 valence electrons. The zero-order valence-electron chi connectivity index (χ0n) is 17.3. The van der Waals surface area contributed by atoms with Gasteiger partial charge in [-0.15, -0.1) is 10.2 Å². The molecular formula is C23H20N6O2S. The number of aromatic nitrogens is 4. The maximum Gasteiger partial charge on any atom is 0.250 e. The molecular weight excluding hydrogens is 424 g/mol. The molecule has 8 nitrogen and oxygen atoms in total. The number of rotatable bonds is 8. The van der Waals surface area contributed by atoms with E-state index in [9.17, 15) is 4.79 Å². The fraction of sp³-hybridized carbons (Fsp3) is 0.0870. The van der Waals surface area contributed by atoms with E-state index in [-0.39, 0.29) is 11.7 Å². The van der Waals surface area contributed by atoms with Gasteiger partial charge in [0.05, 0.1) is 19.1 Å². The number of carbonyl (C=O) groups is 1. The van der Waals surface area contributed by atoms with Crippen molar-refractivity contribution in [1.82, 2.24) is 25.2 Å². The largest absolute Gasteiger partial charge is 0.497 e. The zero-order chi connectivity index (χ0) is 22.2. The van der Waals surface area contributed by atoms with Gasteiger partial charge in [-0.25, -0.2) is 5.43 Å². The first-order valence-electron chi connectivity index (χ1n) is 9.74. The number of thioether (sulfide) groups is 1. The summed E-state index contributed by atoms with van der Waals surface area (Å²) in [5, 5.41) is 13.3. The normalized spacial score (nSPS) is 10.9. The molecule has 4 aromatic rings. The van der Waals surface area contributed by atoms with E-state index in [1.54, 1.807) is 25.7 Å². The zero-order valence-corrected chi connectivity index (χ0v) is 18.1. The summed E-state index contributed by atoms with van der Waals surface area (Å²) in [6.45, 7) is 0. The summed E-state index contributed by atoms with van der Waals surface area (Å²) < 4.78 is 7.05. The molecule has 2 aromatic heterocycles. The molecule has 4 rings (SSSR count). The lowest BCUT2D eigenvalue weighted by atomic mass is 10.2. The minimum atomic E-state index is -0.243. The minimum absolute atomic E-state index is 0.140. The van der Waals surface area contributed by atoms with E-state index in [1.165, 1.54) is 11.8 Å². The number of ether oxygens (including phenoxy) is 1. The van der Waals surface area contributed by atoms with Gasteiger partial charge in [0.1, 0.15) is 5.75 Å². The number of hydrogen-bond donors (Lipinski definition) is 1. The molecule has 32 heavy (non-hydrogen) atoms. The van der Waals surface area contributed by atoms with Crippen LogP contribution in [-0.4, -0.2) is 44.7 Å². The topological polar surface area (TPSA) is 94.3 Å². The summed E-state index contributed by atoms with van der Waals surface area (Å²) in [4.78, 5) is 16.4. The van der Waals surface area contributed by atoms with Crippen molar-refractivity contribution < 1.29 is 9.53 Å². The molecule has 2 heterocycles. The van der Waals surface area contributed by atoms with Gasteiger partial charge in [0.2, 0.25) is 0 Å². The number of nitrogens with zero attached hydrogens (tertiary/aromatic N) is 5. The molecule has 0 radical (unpaired) electrons. The van der Waals surface area contributed by atoms with Crippen molar-refractivity contribution in [3.05, 3.63) is 84.7 Å². The molecule has 0 spiro atoms. The van der Waals surface area contributed by atoms with Gasteiger partial charge in [-0.3, -0.25) is 14.3 Å². The first-order valence-corrected chi connectivity index (χ1v) is 10.7. The van der Waals surface area contributed by atoms with Crippen molar-refractivity contribution >= 4 is 23.9 Å². The van der Waals surface area contributed by atoms with Crippen LogP contribution in [0.3, 0.4) is 0 Å². The van der Waals surface area contributed by atoms with E-state index in [0.717, 1.165) is 22.6 Å². The molecule has 0 bridgehead atoms. The Bertz CT molecular complexity index is 1190.